The number of aromatic nitrogens is 1. The highest BCUT2D eigenvalue weighted by atomic mass is 32.1. The third-order valence-electron chi connectivity index (χ3n) is 1.91. The van der Waals surface area contributed by atoms with E-state index in [4.69, 9.17) is 5.11 Å². The Morgan fingerprint density at radius 1 is 1.60 bits per heavy atom. The van der Waals surface area contributed by atoms with E-state index in [2.05, 4.69) is 4.98 Å². The van der Waals surface area contributed by atoms with E-state index in [0.29, 0.717) is 5.92 Å². The second-order valence-electron chi connectivity index (χ2n) is 2.69. The van der Waals surface area contributed by atoms with E-state index >= 15 is 0 Å². The summed E-state index contributed by atoms with van der Waals surface area (Å²) in [5, 5.41) is 12.2. The summed E-state index contributed by atoms with van der Waals surface area (Å²) in [7, 11) is 0. The number of hydrogen-bond donors (Lipinski definition) is 1. The van der Waals surface area contributed by atoms with Gasteiger partial charge in [-0.25, -0.2) is 4.98 Å². The largest absolute Gasteiger partial charge is 0.393 e. The first kappa shape index (κ1) is 6.31. The molecule has 0 saturated heterocycles. The van der Waals surface area contributed by atoms with Crippen LogP contribution in [0.15, 0.2) is 11.6 Å². The molecule has 1 aromatic heterocycles. The van der Waals surface area contributed by atoms with E-state index in [1.54, 1.807) is 11.3 Å². The lowest BCUT2D eigenvalue weighted by Crippen LogP contribution is -2.26. The van der Waals surface area contributed by atoms with Gasteiger partial charge in [-0.3, -0.25) is 0 Å². The summed E-state index contributed by atoms with van der Waals surface area (Å²) in [4.78, 5) is 4.18. The third-order valence-corrected chi connectivity index (χ3v) is 2.85. The summed E-state index contributed by atoms with van der Waals surface area (Å²) < 4.78 is 0. The van der Waals surface area contributed by atoms with Gasteiger partial charge in [0.05, 0.1) is 11.1 Å². The van der Waals surface area contributed by atoms with Crippen LogP contribution in [0.5, 0.6) is 0 Å². The van der Waals surface area contributed by atoms with Crippen LogP contribution in [-0.2, 0) is 0 Å². The zero-order valence-corrected chi connectivity index (χ0v) is 6.34. The Kier molecular flexibility index (Phi) is 1.47. The van der Waals surface area contributed by atoms with Gasteiger partial charge in [-0.05, 0) is 12.8 Å². The molecule has 1 aromatic rings. The first-order chi connectivity index (χ1) is 4.86. The summed E-state index contributed by atoms with van der Waals surface area (Å²) in [6, 6.07) is 0. The highest BCUT2D eigenvalue weighted by molar-refractivity contribution is 7.09. The highest BCUT2D eigenvalue weighted by Gasteiger charge is 2.29. The zero-order valence-electron chi connectivity index (χ0n) is 5.53. The third kappa shape index (κ3) is 0.954. The van der Waals surface area contributed by atoms with Gasteiger partial charge in [0.2, 0.25) is 0 Å². The van der Waals surface area contributed by atoms with Gasteiger partial charge in [0.25, 0.3) is 0 Å². The summed E-state index contributed by atoms with van der Waals surface area (Å²) in [6.07, 6.45) is 3.58. The van der Waals surface area contributed by atoms with Crippen LogP contribution in [0.3, 0.4) is 0 Å². The Hall–Kier alpha value is -0.410. The van der Waals surface area contributed by atoms with Gasteiger partial charge in [0.1, 0.15) is 0 Å². The molecule has 54 valence electrons. The minimum absolute atomic E-state index is 0.0612. The molecule has 2 rings (SSSR count). The predicted octanol–water partition coefficient (Wildman–Crippen LogP) is 1.38. The van der Waals surface area contributed by atoms with Crippen LogP contribution < -0.4 is 0 Å². The van der Waals surface area contributed by atoms with Crippen LogP contribution in [0.4, 0.5) is 0 Å². The summed E-state index contributed by atoms with van der Waals surface area (Å²) in [5.74, 6) is 0.551. The fraction of sp³-hybridized carbons (Fsp3) is 0.571. The maximum absolute atomic E-state index is 8.99. The number of nitrogens with zero attached hydrogens (tertiary/aromatic N) is 1. The Morgan fingerprint density at radius 2 is 2.40 bits per heavy atom. The molecule has 10 heavy (non-hydrogen) atoms. The minimum Gasteiger partial charge on any atom is -0.393 e. The van der Waals surface area contributed by atoms with Crippen molar-refractivity contribution in [3.63, 3.8) is 0 Å². The van der Waals surface area contributed by atoms with Crippen LogP contribution in [0, 0.1) is 0 Å². The Labute approximate surface area is 63.5 Å². The van der Waals surface area contributed by atoms with Crippen molar-refractivity contribution in [2.24, 2.45) is 0 Å². The van der Waals surface area contributed by atoms with E-state index in [1.165, 1.54) is 5.01 Å². The lowest BCUT2D eigenvalue weighted by atomic mass is 9.83. The first-order valence-electron chi connectivity index (χ1n) is 3.43. The van der Waals surface area contributed by atoms with Gasteiger partial charge in [0.15, 0.2) is 0 Å². The summed E-state index contributed by atoms with van der Waals surface area (Å²) in [6.45, 7) is 0. The predicted molar refractivity (Wildman–Crippen MR) is 40.1 cm³/mol. The molecule has 2 nitrogen and oxygen atoms in total. The van der Waals surface area contributed by atoms with Crippen molar-refractivity contribution in [3.8, 4) is 0 Å². The number of thiazole rings is 1. The molecule has 0 aromatic carbocycles. The van der Waals surface area contributed by atoms with Crippen molar-refractivity contribution in [2.75, 3.05) is 0 Å². The van der Waals surface area contributed by atoms with E-state index < -0.39 is 0 Å². The van der Waals surface area contributed by atoms with Crippen LogP contribution in [0.25, 0.3) is 0 Å². The molecule has 1 heterocycles. The molecule has 1 fully saturated rings. The number of rotatable bonds is 1. The second kappa shape index (κ2) is 2.32. The summed E-state index contributed by atoms with van der Waals surface area (Å²) >= 11 is 1.69. The van der Waals surface area contributed by atoms with Gasteiger partial charge >= 0.3 is 0 Å². The number of aliphatic hydroxyl groups is 1. The lowest BCUT2D eigenvalue weighted by molar-refractivity contribution is 0.0745. The molecule has 1 N–H and O–H groups in total. The molecule has 0 radical (unpaired) electrons. The number of hydrogen-bond acceptors (Lipinski definition) is 3. The normalized spacial score (nSPS) is 31.7. The topological polar surface area (TPSA) is 33.1 Å². The molecule has 0 unspecified atom stereocenters. The van der Waals surface area contributed by atoms with Crippen molar-refractivity contribution in [1.82, 2.24) is 4.98 Å². The van der Waals surface area contributed by atoms with E-state index in [9.17, 15) is 0 Å². The fourth-order valence-corrected chi connectivity index (χ4v) is 1.99. The molecule has 1 saturated carbocycles. The molecule has 3 heteroatoms. The molecular weight excluding hydrogens is 146 g/mol. The van der Waals surface area contributed by atoms with Gasteiger partial charge in [-0.2, -0.15) is 0 Å². The van der Waals surface area contributed by atoms with Gasteiger partial charge < -0.3 is 5.11 Å². The van der Waals surface area contributed by atoms with Crippen molar-refractivity contribution in [3.05, 3.63) is 16.6 Å². The van der Waals surface area contributed by atoms with E-state index in [1.807, 2.05) is 11.6 Å². The number of aliphatic hydroxyl groups excluding tert-OH is 1. The Balaban J connectivity index is 2.04. The molecule has 0 aliphatic heterocycles. The molecule has 0 bridgehead atoms. The first-order valence-corrected chi connectivity index (χ1v) is 4.31. The minimum atomic E-state index is -0.0612. The SMILES string of the molecule is OC1CC(c2nccs2)C1. The smallest absolute Gasteiger partial charge is 0.0957 e. The quantitative estimate of drug-likeness (QED) is 0.664. The summed E-state index contributed by atoms with van der Waals surface area (Å²) in [5.41, 5.74) is 0. The maximum Gasteiger partial charge on any atom is 0.0957 e. The second-order valence-corrected chi connectivity index (χ2v) is 3.62. The van der Waals surface area contributed by atoms with Gasteiger partial charge in [0, 0.05) is 17.5 Å². The average Bonchev–Trinajstić information content (AvgIpc) is 2.31. The van der Waals surface area contributed by atoms with Crippen molar-refractivity contribution < 1.29 is 5.11 Å². The van der Waals surface area contributed by atoms with Gasteiger partial charge in [-0.1, -0.05) is 0 Å². The Morgan fingerprint density at radius 3 is 2.90 bits per heavy atom. The monoisotopic (exact) mass is 155 g/mol. The Bertz CT molecular complexity index is 203. The van der Waals surface area contributed by atoms with E-state index in [0.717, 1.165) is 12.8 Å². The van der Waals surface area contributed by atoms with Crippen molar-refractivity contribution in [1.29, 1.82) is 0 Å². The van der Waals surface area contributed by atoms with Crippen molar-refractivity contribution in [2.45, 2.75) is 24.9 Å². The van der Waals surface area contributed by atoms with Crippen LogP contribution in [0.1, 0.15) is 23.8 Å². The van der Waals surface area contributed by atoms with Crippen LogP contribution in [-0.4, -0.2) is 16.2 Å². The molecule has 1 aliphatic carbocycles. The lowest BCUT2D eigenvalue weighted by Gasteiger charge is -2.29. The van der Waals surface area contributed by atoms with Crippen LogP contribution >= 0.6 is 11.3 Å². The maximum atomic E-state index is 8.99. The molecular formula is C7H9NOS. The van der Waals surface area contributed by atoms with E-state index in [-0.39, 0.29) is 6.10 Å². The molecule has 1 aliphatic rings. The molecule has 0 atom stereocenters. The molecule has 0 spiro atoms. The van der Waals surface area contributed by atoms with Crippen molar-refractivity contribution >= 4 is 11.3 Å². The van der Waals surface area contributed by atoms with Gasteiger partial charge in [-0.15, -0.1) is 11.3 Å². The standard InChI is InChI=1S/C7H9NOS/c9-6-3-5(4-6)7-8-1-2-10-7/h1-2,5-6,9H,3-4H2. The fourth-order valence-electron chi connectivity index (χ4n) is 1.23. The highest BCUT2D eigenvalue weighted by Crippen LogP contribution is 2.37. The molecule has 0 amide bonds. The zero-order chi connectivity index (χ0) is 6.97. The average molecular weight is 155 g/mol. The van der Waals surface area contributed by atoms with Crippen LogP contribution in [0.2, 0.25) is 0 Å².